The average Bonchev–Trinajstić information content (AvgIpc) is 2.78. The minimum atomic E-state index is -0.176. The lowest BCUT2D eigenvalue weighted by Crippen LogP contribution is -2.21. The zero-order chi connectivity index (χ0) is 12.4. The number of hydrogen-bond acceptors (Lipinski definition) is 3. The molecule has 1 aromatic carbocycles. The van der Waals surface area contributed by atoms with Gasteiger partial charge >= 0.3 is 0 Å². The molecule has 2 aromatic rings. The third-order valence-electron chi connectivity index (χ3n) is 2.21. The summed E-state index contributed by atoms with van der Waals surface area (Å²) in [5.41, 5.74) is 1.12. The highest BCUT2D eigenvalue weighted by molar-refractivity contribution is 6.30. The molecule has 0 aliphatic heterocycles. The van der Waals surface area contributed by atoms with Crippen molar-refractivity contribution in [2.45, 2.75) is 0 Å². The third kappa shape index (κ3) is 2.45. The molecule has 0 fully saturated rings. The predicted molar refractivity (Wildman–Crippen MR) is 64.4 cm³/mol. The summed E-state index contributed by atoms with van der Waals surface area (Å²) in [7, 11) is 3.34. The van der Waals surface area contributed by atoms with Crippen LogP contribution in [-0.4, -0.2) is 39.9 Å². The van der Waals surface area contributed by atoms with Gasteiger partial charge in [0.15, 0.2) is 5.69 Å². The molecule has 5 nitrogen and oxygen atoms in total. The van der Waals surface area contributed by atoms with Crippen molar-refractivity contribution in [3.8, 4) is 5.69 Å². The molecule has 1 aromatic heterocycles. The van der Waals surface area contributed by atoms with Crippen LogP contribution in [-0.2, 0) is 0 Å². The number of halogens is 1. The molecule has 0 bridgehead atoms. The van der Waals surface area contributed by atoms with Crippen molar-refractivity contribution in [1.29, 1.82) is 0 Å². The molecule has 0 aliphatic carbocycles. The van der Waals surface area contributed by atoms with Crippen molar-refractivity contribution < 1.29 is 4.79 Å². The number of rotatable bonds is 2. The fraction of sp³-hybridized carbons (Fsp3) is 0.182. The quantitative estimate of drug-likeness (QED) is 0.814. The number of nitrogens with zero attached hydrogens (tertiary/aromatic N) is 4. The first kappa shape index (κ1) is 11.6. The minimum absolute atomic E-state index is 0.176. The minimum Gasteiger partial charge on any atom is -0.343 e. The molecule has 0 saturated carbocycles. The Morgan fingerprint density at radius 2 is 1.94 bits per heavy atom. The lowest BCUT2D eigenvalue weighted by atomic mass is 10.3. The zero-order valence-corrected chi connectivity index (χ0v) is 10.2. The van der Waals surface area contributed by atoms with Gasteiger partial charge < -0.3 is 4.90 Å². The van der Waals surface area contributed by atoms with Crippen LogP contribution in [0.3, 0.4) is 0 Å². The zero-order valence-electron chi connectivity index (χ0n) is 9.46. The molecule has 1 heterocycles. The predicted octanol–water partition coefficient (Wildman–Crippen LogP) is 1.62. The normalized spacial score (nSPS) is 10.3. The molecule has 0 atom stereocenters. The van der Waals surface area contributed by atoms with E-state index in [4.69, 9.17) is 11.6 Å². The van der Waals surface area contributed by atoms with Gasteiger partial charge in [0.1, 0.15) is 0 Å². The molecule has 0 unspecified atom stereocenters. The summed E-state index contributed by atoms with van der Waals surface area (Å²) in [4.78, 5) is 13.1. The van der Waals surface area contributed by atoms with Gasteiger partial charge in [-0.15, -0.1) is 5.10 Å². The van der Waals surface area contributed by atoms with Gasteiger partial charge in [-0.05, 0) is 24.3 Å². The largest absolute Gasteiger partial charge is 0.343 e. The molecule has 6 heteroatoms. The summed E-state index contributed by atoms with van der Waals surface area (Å²) in [5.74, 6) is -0.176. The molecule has 0 saturated heterocycles. The van der Waals surface area contributed by atoms with Gasteiger partial charge in [0.2, 0.25) is 0 Å². The van der Waals surface area contributed by atoms with E-state index in [1.165, 1.54) is 9.58 Å². The van der Waals surface area contributed by atoms with E-state index in [0.29, 0.717) is 10.7 Å². The van der Waals surface area contributed by atoms with Crippen molar-refractivity contribution in [3.63, 3.8) is 0 Å². The second-order valence-electron chi connectivity index (χ2n) is 3.72. The second kappa shape index (κ2) is 4.55. The van der Waals surface area contributed by atoms with E-state index in [1.807, 2.05) is 0 Å². The van der Waals surface area contributed by atoms with Gasteiger partial charge in [-0.25, -0.2) is 4.68 Å². The van der Waals surface area contributed by atoms with Crippen molar-refractivity contribution in [2.75, 3.05) is 14.1 Å². The van der Waals surface area contributed by atoms with Crippen LogP contribution < -0.4 is 0 Å². The van der Waals surface area contributed by atoms with Gasteiger partial charge in [-0.3, -0.25) is 4.79 Å². The summed E-state index contributed by atoms with van der Waals surface area (Å²) in [5, 5.41) is 8.37. The lowest BCUT2D eigenvalue weighted by molar-refractivity contribution is 0.0822. The summed E-state index contributed by atoms with van der Waals surface area (Å²) in [6.07, 6.45) is 1.59. The maximum absolute atomic E-state index is 11.6. The lowest BCUT2D eigenvalue weighted by Gasteiger charge is -2.05. The number of aromatic nitrogens is 3. The number of hydrogen-bond donors (Lipinski definition) is 0. The van der Waals surface area contributed by atoms with Gasteiger partial charge in [-0.2, -0.15) is 0 Å². The Morgan fingerprint density at radius 1 is 1.29 bits per heavy atom. The second-order valence-corrected chi connectivity index (χ2v) is 4.16. The highest BCUT2D eigenvalue weighted by Gasteiger charge is 2.12. The van der Waals surface area contributed by atoms with E-state index >= 15 is 0 Å². The Kier molecular flexibility index (Phi) is 3.10. The molecule has 0 N–H and O–H groups in total. The molecule has 0 spiro atoms. The average molecular weight is 251 g/mol. The molecular formula is C11H11ClN4O. The Bertz CT molecular complexity index is 533. The van der Waals surface area contributed by atoms with E-state index in [2.05, 4.69) is 10.3 Å². The first-order valence-electron chi connectivity index (χ1n) is 4.98. The van der Waals surface area contributed by atoms with Gasteiger partial charge in [0.25, 0.3) is 5.91 Å². The van der Waals surface area contributed by atoms with Gasteiger partial charge in [0.05, 0.1) is 11.9 Å². The van der Waals surface area contributed by atoms with Crippen LogP contribution in [0.25, 0.3) is 5.69 Å². The Balaban J connectivity index is 2.30. The van der Waals surface area contributed by atoms with Gasteiger partial charge in [0, 0.05) is 19.1 Å². The van der Waals surface area contributed by atoms with Crippen molar-refractivity contribution in [1.82, 2.24) is 19.9 Å². The van der Waals surface area contributed by atoms with Crippen molar-refractivity contribution in [3.05, 3.63) is 41.2 Å². The van der Waals surface area contributed by atoms with Crippen LogP contribution in [0, 0.1) is 0 Å². The van der Waals surface area contributed by atoms with E-state index in [1.54, 1.807) is 44.6 Å². The summed E-state index contributed by atoms with van der Waals surface area (Å²) in [6, 6.07) is 7.12. The molecular weight excluding hydrogens is 240 g/mol. The standard InChI is InChI=1S/C11H11ClN4O/c1-15(2)11(17)10-7-16(14-13-10)9-5-3-8(12)4-6-9/h3-7H,1-2H3. The van der Waals surface area contributed by atoms with Crippen LogP contribution in [0.4, 0.5) is 0 Å². The Morgan fingerprint density at radius 3 is 2.53 bits per heavy atom. The molecule has 2 rings (SSSR count). The van der Waals surface area contributed by atoms with E-state index < -0.39 is 0 Å². The first-order valence-corrected chi connectivity index (χ1v) is 5.35. The van der Waals surface area contributed by atoms with Crippen molar-refractivity contribution in [2.24, 2.45) is 0 Å². The number of amides is 1. The Labute approximate surface area is 104 Å². The van der Waals surface area contributed by atoms with Crippen LogP contribution in [0.15, 0.2) is 30.5 Å². The highest BCUT2D eigenvalue weighted by Crippen LogP contribution is 2.12. The number of carbonyl (C=O) groups excluding carboxylic acids is 1. The molecule has 88 valence electrons. The van der Waals surface area contributed by atoms with Crippen molar-refractivity contribution >= 4 is 17.5 Å². The molecule has 17 heavy (non-hydrogen) atoms. The summed E-state index contributed by atoms with van der Waals surface area (Å²) in [6.45, 7) is 0. The monoisotopic (exact) mass is 250 g/mol. The van der Waals surface area contributed by atoms with E-state index in [0.717, 1.165) is 5.69 Å². The van der Waals surface area contributed by atoms with Crippen LogP contribution in [0.2, 0.25) is 5.02 Å². The highest BCUT2D eigenvalue weighted by atomic mass is 35.5. The molecule has 0 radical (unpaired) electrons. The van der Waals surface area contributed by atoms with Crippen LogP contribution in [0.5, 0.6) is 0 Å². The number of carbonyl (C=O) groups is 1. The van der Waals surface area contributed by atoms with E-state index in [9.17, 15) is 4.79 Å². The number of benzene rings is 1. The topological polar surface area (TPSA) is 51.0 Å². The maximum atomic E-state index is 11.6. The van der Waals surface area contributed by atoms with Crippen LogP contribution in [0.1, 0.15) is 10.5 Å². The fourth-order valence-corrected chi connectivity index (χ4v) is 1.44. The van der Waals surface area contributed by atoms with E-state index in [-0.39, 0.29) is 5.91 Å². The first-order chi connectivity index (χ1) is 8.08. The smallest absolute Gasteiger partial charge is 0.275 e. The van der Waals surface area contributed by atoms with Crippen LogP contribution >= 0.6 is 11.6 Å². The third-order valence-corrected chi connectivity index (χ3v) is 2.46. The summed E-state index contributed by atoms with van der Waals surface area (Å²) < 4.78 is 1.53. The fourth-order valence-electron chi connectivity index (χ4n) is 1.31. The SMILES string of the molecule is CN(C)C(=O)c1cn(-c2ccc(Cl)cc2)nn1. The maximum Gasteiger partial charge on any atom is 0.275 e. The molecule has 0 aliphatic rings. The summed E-state index contributed by atoms with van der Waals surface area (Å²) >= 11 is 5.79. The Hall–Kier alpha value is -1.88. The van der Waals surface area contributed by atoms with Gasteiger partial charge in [-0.1, -0.05) is 16.8 Å². The molecule has 1 amide bonds.